The maximum Gasteiger partial charge on any atom is 0.289 e. The Morgan fingerprint density at radius 3 is 2.81 bits per heavy atom. The summed E-state index contributed by atoms with van der Waals surface area (Å²) in [5, 5.41) is 1.92. The summed E-state index contributed by atoms with van der Waals surface area (Å²) in [6.45, 7) is 0. The van der Waals surface area contributed by atoms with Crippen LogP contribution in [0.4, 0.5) is 8.78 Å². The van der Waals surface area contributed by atoms with Crippen molar-refractivity contribution in [3.8, 4) is 5.75 Å². The number of halogens is 2. The Labute approximate surface area is 129 Å². The second-order valence-corrected chi connectivity index (χ2v) is 5.97. The molecule has 1 aromatic carbocycles. The number of hydrogen-bond acceptors (Lipinski definition) is 4. The van der Waals surface area contributed by atoms with Crippen LogP contribution in [-0.2, 0) is 0 Å². The van der Waals surface area contributed by atoms with Gasteiger partial charge in [-0.2, -0.15) is 8.78 Å². The van der Waals surface area contributed by atoms with Gasteiger partial charge in [0.05, 0.1) is 12.0 Å². The van der Waals surface area contributed by atoms with Crippen LogP contribution in [0.25, 0.3) is 6.08 Å². The summed E-state index contributed by atoms with van der Waals surface area (Å²) in [4.78, 5) is 13.3. The van der Waals surface area contributed by atoms with Crippen LogP contribution < -0.4 is 4.74 Å². The van der Waals surface area contributed by atoms with Gasteiger partial charge in [-0.1, -0.05) is 17.8 Å². The first kappa shape index (κ1) is 15.7. The van der Waals surface area contributed by atoms with Crippen molar-refractivity contribution < 1.29 is 18.3 Å². The molecule has 0 amide bonds. The Morgan fingerprint density at radius 2 is 2.19 bits per heavy atom. The maximum absolute atomic E-state index is 12.4. The number of alkyl halides is 2. The van der Waals surface area contributed by atoms with Crippen molar-refractivity contribution in [2.75, 3.05) is 7.11 Å². The van der Waals surface area contributed by atoms with E-state index in [9.17, 15) is 13.6 Å². The Balaban J connectivity index is 2.18. The standard InChI is InChI=1S/C15H12F2O2S2/c1-19-13-9-10(4-7-14(13)21-15(16)17)12(18)6-5-11-3-2-8-20-11/h2-9,15H,1H3/b6-5+. The molecular weight excluding hydrogens is 314 g/mol. The average molecular weight is 326 g/mol. The topological polar surface area (TPSA) is 26.3 Å². The van der Waals surface area contributed by atoms with Gasteiger partial charge in [0.15, 0.2) is 5.78 Å². The number of thioether (sulfide) groups is 1. The number of ketones is 1. The molecule has 0 radical (unpaired) electrons. The molecule has 0 bridgehead atoms. The van der Waals surface area contributed by atoms with E-state index >= 15 is 0 Å². The van der Waals surface area contributed by atoms with Gasteiger partial charge in [0.2, 0.25) is 0 Å². The van der Waals surface area contributed by atoms with E-state index in [4.69, 9.17) is 4.74 Å². The molecule has 0 unspecified atom stereocenters. The van der Waals surface area contributed by atoms with Crippen LogP contribution >= 0.6 is 23.1 Å². The van der Waals surface area contributed by atoms with Gasteiger partial charge in [0.25, 0.3) is 5.76 Å². The van der Waals surface area contributed by atoms with Crippen LogP contribution in [0.3, 0.4) is 0 Å². The van der Waals surface area contributed by atoms with E-state index in [0.717, 1.165) is 4.88 Å². The lowest BCUT2D eigenvalue weighted by Crippen LogP contribution is -1.97. The van der Waals surface area contributed by atoms with Crippen molar-refractivity contribution >= 4 is 35.0 Å². The second-order valence-electron chi connectivity index (χ2n) is 3.96. The number of allylic oxidation sites excluding steroid dienone is 1. The zero-order chi connectivity index (χ0) is 15.2. The van der Waals surface area contributed by atoms with E-state index < -0.39 is 5.76 Å². The lowest BCUT2D eigenvalue weighted by atomic mass is 10.1. The Bertz CT molecular complexity index is 637. The Kier molecular flexibility index (Phi) is 5.52. The third-order valence-corrected chi connectivity index (χ3v) is 4.21. The monoisotopic (exact) mass is 326 g/mol. The normalized spacial score (nSPS) is 11.2. The molecule has 21 heavy (non-hydrogen) atoms. The van der Waals surface area contributed by atoms with Crippen LogP contribution in [0.5, 0.6) is 5.75 Å². The summed E-state index contributed by atoms with van der Waals surface area (Å²) < 4.78 is 29.9. The van der Waals surface area contributed by atoms with Gasteiger partial charge in [0.1, 0.15) is 5.75 Å². The highest BCUT2D eigenvalue weighted by molar-refractivity contribution is 7.99. The first-order valence-electron chi connectivity index (χ1n) is 5.99. The van der Waals surface area contributed by atoms with Gasteiger partial charge in [-0.05, 0) is 41.8 Å². The van der Waals surface area contributed by atoms with E-state index in [0.29, 0.717) is 22.2 Å². The minimum atomic E-state index is -2.53. The molecule has 1 heterocycles. The minimum absolute atomic E-state index is 0.199. The van der Waals surface area contributed by atoms with Gasteiger partial charge in [-0.3, -0.25) is 4.79 Å². The van der Waals surface area contributed by atoms with Crippen molar-refractivity contribution in [2.45, 2.75) is 10.7 Å². The summed E-state index contributed by atoms with van der Waals surface area (Å²) >= 11 is 1.92. The average Bonchev–Trinajstić information content (AvgIpc) is 2.98. The molecule has 110 valence electrons. The molecule has 0 atom stereocenters. The van der Waals surface area contributed by atoms with E-state index in [1.165, 1.54) is 42.7 Å². The lowest BCUT2D eigenvalue weighted by Gasteiger charge is -2.08. The Hall–Kier alpha value is -1.66. The van der Waals surface area contributed by atoms with Crippen molar-refractivity contribution in [1.82, 2.24) is 0 Å². The number of carbonyl (C=O) groups excluding carboxylic acids is 1. The number of carbonyl (C=O) groups is 1. The van der Waals surface area contributed by atoms with Gasteiger partial charge >= 0.3 is 0 Å². The first-order chi connectivity index (χ1) is 10.1. The molecule has 0 saturated carbocycles. The van der Waals surface area contributed by atoms with Gasteiger partial charge < -0.3 is 4.74 Å². The molecule has 0 N–H and O–H groups in total. The molecule has 2 nitrogen and oxygen atoms in total. The summed E-state index contributed by atoms with van der Waals surface area (Å²) in [5.74, 6) is -2.45. The zero-order valence-electron chi connectivity index (χ0n) is 11.1. The van der Waals surface area contributed by atoms with Crippen molar-refractivity contribution in [3.63, 3.8) is 0 Å². The molecule has 2 aromatic rings. The highest BCUT2D eigenvalue weighted by Crippen LogP contribution is 2.34. The number of thiophene rings is 1. The van der Waals surface area contributed by atoms with E-state index in [1.54, 1.807) is 6.08 Å². The first-order valence-corrected chi connectivity index (χ1v) is 7.75. The van der Waals surface area contributed by atoms with Crippen LogP contribution in [0.2, 0.25) is 0 Å². The SMILES string of the molecule is COc1cc(C(=O)/C=C/c2cccs2)ccc1SC(F)F. The molecule has 0 saturated heterocycles. The van der Waals surface area contributed by atoms with Crippen molar-refractivity contribution in [1.29, 1.82) is 0 Å². The molecule has 6 heteroatoms. The molecule has 0 fully saturated rings. The largest absolute Gasteiger partial charge is 0.496 e. The number of methoxy groups -OCH3 is 1. The molecule has 0 spiro atoms. The van der Waals surface area contributed by atoms with Gasteiger partial charge in [0, 0.05) is 10.4 Å². The van der Waals surface area contributed by atoms with Crippen LogP contribution in [0.1, 0.15) is 15.2 Å². The van der Waals surface area contributed by atoms with Crippen LogP contribution in [0, 0.1) is 0 Å². The van der Waals surface area contributed by atoms with E-state index in [-0.39, 0.29) is 11.5 Å². The third kappa shape index (κ3) is 4.41. The Morgan fingerprint density at radius 1 is 1.38 bits per heavy atom. The summed E-state index contributed by atoms with van der Waals surface area (Å²) in [5.41, 5.74) is 0.401. The highest BCUT2D eigenvalue weighted by atomic mass is 32.2. The van der Waals surface area contributed by atoms with E-state index in [1.807, 2.05) is 17.5 Å². The highest BCUT2D eigenvalue weighted by Gasteiger charge is 2.13. The summed E-state index contributed by atoms with van der Waals surface area (Å²) in [7, 11) is 1.39. The zero-order valence-corrected chi connectivity index (χ0v) is 12.7. The number of benzene rings is 1. The summed E-state index contributed by atoms with van der Waals surface area (Å²) in [6.07, 6.45) is 3.18. The fourth-order valence-corrected chi connectivity index (χ4v) is 2.87. The maximum atomic E-state index is 12.4. The molecular formula is C15H12F2O2S2. The van der Waals surface area contributed by atoms with Crippen molar-refractivity contribution in [3.05, 3.63) is 52.2 Å². The fourth-order valence-electron chi connectivity index (χ4n) is 1.65. The number of ether oxygens (including phenoxy) is 1. The smallest absolute Gasteiger partial charge is 0.289 e. The molecule has 0 aliphatic rings. The molecule has 1 aromatic heterocycles. The van der Waals surface area contributed by atoms with Crippen LogP contribution in [-0.4, -0.2) is 18.7 Å². The predicted molar refractivity (Wildman–Crippen MR) is 82.5 cm³/mol. The third-order valence-electron chi connectivity index (χ3n) is 2.61. The number of rotatable bonds is 6. The number of hydrogen-bond donors (Lipinski definition) is 0. The summed E-state index contributed by atoms with van der Waals surface area (Å²) in [6, 6.07) is 8.27. The quantitative estimate of drug-likeness (QED) is 0.426. The molecule has 0 aliphatic carbocycles. The van der Waals surface area contributed by atoms with Gasteiger partial charge in [-0.25, -0.2) is 0 Å². The predicted octanol–water partition coefficient (Wildman–Crippen LogP) is 4.97. The second kappa shape index (κ2) is 7.38. The molecule has 2 rings (SSSR count). The molecule has 0 aliphatic heterocycles. The van der Waals surface area contributed by atoms with E-state index in [2.05, 4.69) is 0 Å². The van der Waals surface area contributed by atoms with Crippen molar-refractivity contribution in [2.24, 2.45) is 0 Å². The fraction of sp³-hybridized carbons (Fsp3) is 0.133. The van der Waals surface area contributed by atoms with Crippen LogP contribution in [0.15, 0.2) is 46.7 Å². The lowest BCUT2D eigenvalue weighted by molar-refractivity contribution is 0.104. The van der Waals surface area contributed by atoms with Gasteiger partial charge in [-0.15, -0.1) is 11.3 Å². The minimum Gasteiger partial charge on any atom is -0.496 e.